The maximum atomic E-state index is 14.2. The number of benzene rings is 2. The minimum Gasteiger partial charge on any atom is -0.497 e. The van der Waals surface area contributed by atoms with Gasteiger partial charge in [-0.15, -0.1) is 0 Å². The first-order valence-corrected chi connectivity index (χ1v) is 15.6. The van der Waals surface area contributed by atoms with Gasteiger partial charge in [-0.05, 0) is 56.0 Å². The van der Waals surface area contributed by atoms with Gasteiger partial charge in [-0.3, -0.25) is 9.59 Å². The maximum absolute atomic E-state index is 14.2. The molecule has 43 heavy (non-hydrogen) atoms. The summed E-state index contributed by atoms with van der Waals surface area (Å²) in [5.41, 5.74) is 0.242. The van der Waals surface area contributed by atoms with Crippen LogP contribution in [0.15, 0.2) is 60.7 Å². The van der Waals surface area contributed by atoms with Crippen LogP contribution < -0.4 is 20.1 Å². The van der Waals surface area contributed by atoms with E-state index in [1.165, 1.54) is 11.3 Å². The molecule has 6 rings (SSSR count). The third-order valence-electron chi connectivity index (χ3n) is 8.58. The molecule has 10 nitrogen and oxygen atoms in total. The number of methoxy groups -OCH3 is 1. The Kier molecular flexibility index (Phi) is 8.25. The van der Waals surface area contributed by atoms with Gasteiger partial charge in [-0.25, -0.2) is 9.78 Å². The fourth-order valence-corrected chi connectivity index (χ4v) is 7.00. The van der Waals surface area contributed by atoms with Crippen LogP contribution in [0.5, 0.6) is 10.9 Å². The predicted molar refractivity (Wildman–Crippen MR) is 163 cm³/mol. The fourth-order valence-electron chi connectivity index (χ4n) is 6.09. The summed E-state index contributed by atoms with van der Waals surface area (Å²) >= 11 is 1.37. The second kappa shape index (κ2) is 12.2. The highest BCUT2D eigenvalue weighted by Gasteiger charge is 2.61. The van der Waals surface area contributed by atoms with Crippen LogP contribution in [0.3, 0.4) is 0 Å². The van der Waals surface area contributed by atoms with Gasteiger partial charge in [0.15, 0.2) is 0 Å². The number of allylic oxidation sites excluding steroid dienone is 1. The molecule has 1 saturated carbocycles. The standard InChI is InChI=1S/C32H36N4O6S/c1-41-22-14-15-24-27(17-22)43-31(34-24)42-23-16-26-28(37)35-32(30(39)40)18-20(32)10-6-3-2-4-9-13-25(29(38)36(26)19-23)33-21-11-7-5-8-12-21/h5-8,10-12,14-15,17,20,23,25-26,33H,2-4,9,13,16,18-19H2,1H3,(H,35,37)(H,39,40)/b10-6-/t20-,23+,25-,26-,32+/m0/s1. The van der Waals surface area contributed by atoms with Gasteiger partial charge in [0.1, 0.15) is 29.5 Å². The monoisotopic (exact) mass is 604 g/mol. The van der Waals surface area contributed by atoms with E-state index in [1.807, 2.05) is 60.7 Å². The number of carboxylic acids is 1. The normalized spacial score (nSPS) is 28.5. The van der Waals surface area contributed by atoms with E-state index in [1.54, 1.807) is 12.0 Å². The summed E-state index contributed by atoms with van der Waals surface area (Å²) in [7, 11) is 1.61. The van der Waals surface area contributed by atoms with Crippen LogP contribution in [0, 0.1) is 5.92 Å². The lowest BCUT2D eigenvalue weighted by Gasteiger charge is -2.30. The van der Waals surface area contributed by atoms with Crippen LogP contribution in [0.1, 0.15) is 44.9 Å². The Hall–Kier alpha value is -4.12. The van der Waals surface area contributed by atoms with E-state index in [4.69, 9.17) is 9.47 Å². The molecule has 2 amide bonds. The Labute approximate surface area is 254 Å². The van der Waals surface area contributed by atoms with E-state index in [0.29, 0.717) is 23.8 Å². The molecule has 2 aromatic carbocycles. The molecule has 3 N–H and O–H groups in total. The average Bonchev–Trinajstić information content (AvgIpc) is 3.32. The van der Waals surface area contributed by atoms with Crippen molar-refractivity contribution in [1.29, 1.82) is 0 Å². The number of carbonyl (C=O) groups excluding carboxylic acids is 2. The number of ether oxygens (including phenoxy) is 2. The van der Waals surface area contributed by atoms with E-state index in [9.17, 15) is 19.5 Å². The van der Waals surface area contributed by atoms with Crippen molar-refractivity contribution in [1.82, 2.24) is 15.2 Å². The van der Waals surface area contributed by atoms with Crippen molar-refractivity contribution in [2.75, 3.05) is 19.0 Å². The zero-order chi connectivity index (χ0) is 30.0. The number of rotatable bonds is 6. The zero-order valence-electron chi connectivity index (χ0n) is 24.0. The molecule has 3 aliphatic rings. The summed E-state index contributed by atoms with van der Waals surface area (Å²) in [5, 5.41) is 16.7. The molecule has 1 saturated heterocycles. The van der Waals surface area contributed by atoms with Gasteiger partial charge in [0, 0.05) is 18.0 Å². The Bertz CT molecular complexity index is 1530. The molecule has 3 heterocycles. The third kappa shape index (κ3) is 6.17. The fraction of sp³-hybridized carbons (Fsp3) is 0.438. The van der Waals surface area contributed by atoms with Crippen LogP contribution in [-0.2, 0) is 14.4 Å². The molecule has 2 fully saturated rings. The minimum atomic E-state index is -1.35. The molecule has 0 radical (unpaired) electrons. The number of amides is 2. The number of hydrogen-bond donors (Lipinski definition) is 3. The van der Waals surface area contributed by atoms with Crippen molar-refractivity contribution < 1.29 is 29.0 Å². The molecule has 226 valence electrons. The highest BCUT2D eigenvalue weighted by molar-refractivity contribution is 7.20. The first-order valence-electron chi connectivity index (χ1n) is 14.8. The van der Waals surface area contributed by atoms with E-state index in [2.05, 4.69) is 15.6 Å². The van der Waals surface area contributed by atoms with Crippen LogP contribution in [0.4, 0.5) is 5.69 Å². The summed E-state index contributed by atoms with van der Waals surface area (Å²) in [6.45, 7) is 0.187. The van der Waals surface area contributed by atoms with Crippen LogP contribution in [-0.4, -0.2) is 70.2 Å². The lowest BCUT2D eigenvalue weighted by molar-refractivity contribution is -0.145. The topological polar surface area (TPSA) is 130 Å². The number of nitrogens with one attached hydrogen (secondary N) is 2. The number of anilines is 1. The second-order valence-corrected chi connectivity index (χ2v) is 12.5. The quantitative estimate of drug-likeness (QED) is 0.348. The Balaban J connectivity index is 1.28. The first kappa shape index (κ1) is 29.0. The van der Waals surface area contributed by atoms with Crippen molar-refractivity contribution in [3.8, 4) is 10.9 Å². The van der Waals surface area contributed by atoms with E-state index in [-0.39, 0.29) is 24.8 Å². The molecule has 0 bridgehead atoms. The summed E-state index contributed by atoms with van der Waals surface area (Å²) < 4.78 is 12.5. The summed E-state index contributed by atoms with van der Waals surface area (Å²) in [6, 6.07) is 13.7. The van der Waals surface area contributed by atoms with Gasteiger partial charge in [0.05, 0.1) is 23.9 Å². The summed E-state index contributed by atoms with van der Waals surface area (Å²) in [4.78, 5) is 46.5. The maximum Gasteiger partial charge on any atom is 0.330 e. The lowest BCUT2D eigenvalue weighted by atomic mass is 10.0. The van der Waals surface area contributed by atoms with E-state index < -0.39 is 35.6 Å². The molecular formula is C32H36N4O6S. The van der Waals surface area contributed by atoms with Gasteiger partial charge in [-0.1, -0.05) is 54.5 Å². The van der Waals surface area contributed by atoms with Crippen molar-refractivity contribution in [2.24, 2.45) is 5.92 Å². The first-order chi connectivity index (χ1) is 20.9. The molecule has 2 aliphatic heterocycles. The highest BCUT2D eigenvalue weighted by Crippen LogP contribution is 2.45. The van der Waals surface area contributed by atoms with Gasteiger partial charge in [-0.2, -0.15) is 0 Å². The number of thiazole rings is 1. The molecule has 3 aromatic rings. The second-order valence-electron chi connectivity index (χ2n) is 11.5. The van der Waals surface area contributed by atoms with E-state index >= 15 is 0 Å². The van der Waals surface area contributed by atoms with Gasteiger partial charge >= 0.3 is 5.97 Å². The largest absolute Gasteiger partial charge is 0.497 e. The van der Waals surface area contributed by atoms with Crippen LogP contribution in [0.2, 0.25) is 0 Å². The van der Waals surface area contributed by atoms with E-state index in [0.717, 1.165) is 41.6 Å². The molecule has 1 aliphatic carbocycles. The number of aromatic nitrogens is 1. The minimum absolute atomic E-state index is 0.187. The van der Waals surface area contributed by atoms with Crippen LogP contribution >= 0.6 is 11.3 Å². The number of fused-ring (bicyclic) bond motifs is 3. The van der Waals surface area contributed by atoms with Crippen molar-refractivity contribution >= 4 is 45.0 Å². The Morgan fingerprint density at radius 3 is 2.79 bits per heavy atom. The number of aliphatic carboxylic acids is 1. The molecule has 5 atom stereocenters. The predicted octanol–water partition coefficient (Wildman–Crippen LogP) is 4.61. The Morgan fingerprint density at radius 2 is 2.00 bits per heavy atom. The number of para-hydroxylation sites is 1. The lowest BCUT2D eigenvalue weighted by Crippen LogP contribution is -2.55. The number of hydrogen-bond acceptors (Lipinski definition) is 8. The van der Waals surface area contributed by atoms with Gasteiger partial charge in [0.25, 0.3) is 5.19 Å². The molecule has 0 spiro atoms. The molecule has 0 unspecified atom stereocenters. The smallest absolute Gasteiger partial charge is 0.330 e. The van der Waals surface area contributed by atoms with Gasteiger partial charge < -0.3 is 30.1 Å². The highest BCUT2D eigenvalue weighted by atomic mass is 32.1. The SMILES string of the molecule is COc1ccc2nc(O[C@@H]3C[C@H]4C(=O)N[C@]5(C(=O)O)C[C@@H]5/C=C\CCCCC[C@H](Nc5ccccc5)C(=O)N4C3)sc2c1. The third-order valence-corrected chi connectivity index (χ3v) is 9.49. The Morgan fingerprint density at radius 1 is 1.16 bits per heavy atom. The zero-order valence-corrected chi connectivity index (χ0v) is 24.8. The van der Waals surface area contributed by atoms with Crippen molar-refractivity contribution in [3.05, 3.63) is 60.7 Å². The molecule has 1 aromatic heterocycles. The number of carbonyl (C=O) groups is 3. The van der Waals surface area contributed by atoms with Crippen molar-refractivity contribution in [2.45, 2.75) is 68.7 Å². The molecular weight excluding hydrogens is 568 g/mol. The summed E-state index contributed by atoms with van der Waals surface area (Å²) in [6.07, 6.45) is 8.16. The average molecular weight is 605 g/mol. The number of nitrogens with zero attached hydrogens (tertiary/aromatic N) is 2. The van der Waals surface area contributed by atoms with Gasteiger partial charge in [0.2, 0.25) is 11.8 Å². The van der Waals surface area contributed by atoms with Crippen LogP contribution in [0.25, 0.3) is 10.2 Å². The summed E-state index contributed by atoms with van der Waals surface area (Å²) in [5.74, 6) is -1.29. The number of carboxylic acid groups (broad SMARTS) is 1. The van der Waals surface area contributed by atoms with Crippen molar-refractivity contribution in [3.63, 3.8) is 0 Å². The molecule has 11 heteroatoms.